The van der Waals surface area contributed by atoms with Gasteiger partial charge in [0.1, 0.15) is 0 Å². The first kappa shape index (κ1) is 15.8. The van der Waals surface area contributed by atoms with Gasteiger partial charge >= 0.3 is 0 Å². The van der Waals surface area contributed by atoms with Gasteiger partial charge in [-0.3, -0.25) is 19.8 Å². The fourth-order valence-electron chi connectivity index (χ4n) is 1.55. The van der Waals surface area contributed by atoms with Crippen molar-refractivity contribution in [1.82, 2.24) is 15.9 Å². The molecular weight excluding hydrogens is 352 g/mol. The Morgan fingerprint density at radius 3 is 2.36 bits per heavy atom. The van der Waals surface area contributed by atoms with E-state index in [0.717, 1.165) is 10.0 Å². The van der Waals surface area contributed by atoms with E-state index >= 15 is 0 Å². The number of nitrogens with zero attached hydrogens (tertiary/aromatic N) is 2. The van der Waals surface area contributed by atoms with Crippen LogP contribution in [0.4, 0.5) is 0 Å². The first-order chi connectivity index (χ1) is 10.6. The molecule has 0 saturated carbocycles. The lowest BCUT2D eigenvalue weighted by molar-refractivity contribution is 0.0706. The first-order valence-electron chi connectivity index (χ1n) is 6.09. The number of benzene rings is 1. The molecule has 112 valence electrons. The molecule has 0 aliphatic heterocycles. The van der Waals surface area contributed by atoms with Gasteiger partial charge in [-0.15, -0.1) is 0 Å². The van der Waals surface area contributed by atoms with Crippen LogP contribution in [0.15, 0.2) is 52.3 Å². The maximum atomic E-state index is 11.9. The summed E-state index contributed by atoms with van der Waals surface area (Å²) in [7, 11) is 0. The number of nitrogens with one attached hydrogen (secondary N) is 2. The van der Waals surface area contributed by atoms with Gasteiger partial charge in [0.2, 0.25) is 0 Å². The van der Waals surface area contributed by atoms with E-state index in [2.05, 4.69) is 31.4 Å². The van der Waals surface area contributed by atoms with Crippen LogP contribution in [-0.2, 0) is 0 Å². The molecule has 0 aliphatic carbocycles. The standard InChI is InChI=1S/C14H11BrN4O3/c15-12-8-16-6-5-11(12)7-17-18-13(20)9-1-3-10(4-2-9)14(21)19-22/h1-8,22H,(H,18,20)(H,19,21)/b17-7+. The van der Waals surface area contributed by atoms with Gasteiger partial charge < -0.3 is 0 Å². The van der Waals surface area contributed by atoms with Crippen molar-refractivity contribution in [1.29, 1.82) is 0 Å². The highest BCUT2D eigenvalue weighted by Gasteiger charge is 2.07. The van der Waals surface area contributed by atoms with Crippen molar-refractivity contribution < 1.29 is 14.8 Å². The van der Waals surface area contributed by atoms with E-state index in [1.165, 1.54) is 36.0 Å². The molecule has 0 radical (unpaired) electrons. The summed E-state index contributed by atoms with van der Waals surface area (Å²) in [6.45, 7) is 0. The third-order valence-electron chi connectivity index (χ3n) is 2.68. The summed E-state index contributed by atoms with van der Waals surface area (Å²) in [5.41, 5.74) is 5.23. The first-order valence-corrected chi connectivity index (χ1v) is 6.88. The molecule has 3 N–H and O–H groups in total. The summed E-state index contributed by atoms with van der Waals surface area (Å²) in [4.78, 5) is 27.0. The summed E-state index contributed by atoms with van der Waals surface area (Å²) < 4.78 is 0.757. The maximum absolute atomic E-state index is 11.9. The minimum Gasteiger partial charge on any atom is -0.288 e. The third kappa shape index (κ3) is 3.96. The van der Waals surface area contributed by atoms with Crippen molar-refractivity contribution >= 4 is 34.0 Å². The van der Waals surface area contributed by atoms with Crippen molar-refractivity contribution in [2.24, 2.45) is 5.10 Å². The number of hydrogen-bond donors (Lipinski definition) is 3. The molecule has 1 aromatic heterocycles. The van der Waals surface area contributed by atoms with Crippen molar-refractivity contribution in [3.8, 4) is 0 Å². The summed E-state index contributed by atoms with van der Waals surface area (Å²) in [5, 5.41) is 12.4. The van der Waals surface area contributed by atoms with Crippen LogP contribution in [0.3, 0.4) is 0 Å². The zero-order chi connectivity index (χ0) is 15.9. The van der Waals surface area contributed by atoms with Crippen LogP contribution in [0.1, 0.15) is 26.3 Å². The molecule has 1 heterocycles. The maximum Gasteiger partial charge on any atom is 0.274 e. The number of pyridine rings is 1. The van der Waals surface area contributed by atoms with E-state index in [-0.39, 0.29) is 5.56 Å². The molecule has 0 fully saturated rings. The molecule has 0 unspecified atom stereocenters. The smallest absolute Gasteiger partial charge is 0.274 e. The molecule has 8 heteroatoms. The van der Waals surface area contributed by atoms with Gasteiger partial charge in [0.05, 0.1) is 6.21 Å². The normalized spacial score (nSPS) is 10.5. The van der Waals surface area contributed by atoms with E-state index in [1.54, 1.807) is 18.5 Å². The molecule has 0 aliphatic rings. The summed E-state index contributed by atoms with van der Waals surface area (Å²) in [5.74, 6) is -1.06. The molecular formula is C14H11BrN4O3. The molecule has 2 rings (SSSR count). The molecule has 7 nitrogen and oxygen atoms in total. The number of amides is 2. The van der Waals surface area contributed by atoms with Crippen molar-refractivity contribution in [3.63, 3.8) is 0 Å². The minimum absolute atomic E-state index is 0.239. The Labute approximate surface area is 134 Å². The Morgan fingerprint density at radius 2 is 1.77 bits per heavy atom. The largest absolute Gasteiger partial charge is 0.288 e. The van der Waals surface area contributed by atoms with Crippen LogP contribution >= 0.6 is 15.9 Å². The average Bonchev–Trinajstić information content (AvgIpc) is 2.56. The molecule has 0 atom stereocenters. The van der Waals surface area contributed by atoms with Crippen LogP contribution in [0.2, 0.25) is 0 Å². The Morgan fingerprint density at radius 1 is 1.14 bits per heavy atom. The van der Waals surface area contributed by atoms with Gasteiger partial charge in [0.25, 0.3) is 11.8 Å². The number of hydroxylamine groups is 1. The van der Waals surface area contributed by atoms with E-state index in [4.69, 9.17) is 5.21 Å². The number of carbonyl (C=O) groups excluding carboxylic acids is 2. The SMILES string of the molecule is O=C(NO)c1ccc(C(=O)N/N=C/c2ccncc2Br)cc1. The molecule has 2 aromatic rings. The summed E-state index contributed by atoms with van der Waals surface area (Å²) >= 11 is 3.31. The summed E-state index contributed by atoms with van der Waals surface area (Å²) in [6, 6.07) is 7.49. The quantitative estimate of drug-likeness (QED) is 0.437. The van der Waals surface area contributed by atoms with E-state index in [9.17, 15) is 9.59 Å². The fourth-order valence-corrected chi connectivity index (χ4v) is 1.91. The van der Waals surface area contributed by atoms with Crippen LogP contribution in [0.25, 0.3) is 0 Å². The van der Waals surface area contributed by atoms with E-state index in [0.29, 0.717) is 5.56 Å². The lowest BCUT2D eigenvalue weighted by Crippen LogP contribution is -2.20. The second-order valence-electron chi connectivity index (χ2n) is 4.11. The predicted molar refractivity (Wildman–Crippen MR) is 82.7 cm³/mol. The Bertz CT molecular complexity index is 716. The molecule has 2 amide bonds. The lowest BCUT2D eigenvalue weighted by Gasteiger charge is -2.02. The summed E-state index contributed by atoms with van der Waals surface area (Å²) in [6.07, 6.45) is 4.71. The predicted octanol–water partition coefficient (Wildman–Crippen LogP) is 1.73. The number of hydrazone groups is 1. The van der Waals surface area contributed by atoms with Gasteiger partial charge in [-0.25, -0.2) is 10.9 Å². The van der Waals surface area contributed by atoms with Crippen molar-refractivity contribution in [2.75, 3.05) is 0 Å². The van der Waals surface area contributed by atoms with E-state index < -0.39 is 11.8 Å². The Kier molecular flexibility index (Phi) is 5.34. The van der Waals surface area contributed by atoms with Crippen LogP contribution < -0.4 is 10.9 Å². The third-order valence-corrected chi connectivity index (χ3v) is 3.35. The van der Waals surface area contributed by atoms with Crippen LogP contribution in [-0.4, -0.2) is 28.2 Å². The zero-order valence-corrected chi connectivity index (χ0v) is 12.7. The second-order valence-corrected chi connectivity index (χ2v) is 4.97. The topological polar surface area (TPSA) is 104 Å². The monoisotopic (exact) mass is 362 g/mol. The highest BCUT2D eigenvalue weighted by Crippen LogP contribution is 2.11. The van der Waals surface area contributed by atoms with Gasteiger partial charge in [-0.1, -0.05) is 0 Å². The Hall–Kier alpha value is -2.58. The van der Waals surface area contributed by atoms with Gasteiger partial charge in [-0.2, -0.15) is 5.10 Å². The lowest BCUT2D eigenvalue weighted by atomic mass is 10.1. The molecule has 0 saturated heterocycles. The van der Waals surface area contributed by atoms with Crippen LogP contribution in [0, 0.1) is 0 Å². The highest BCUT2D eigenvalue weighted by atomic mass is 79.9. The number of carbonyl (C=O) groups is 2. The van der Waals surface area contributed by atoms with Crippen LogP contribution in [0.5, 0.6) is 0 Å². The number of aromatic nitrogens is 1. The average molecular weight is 363 g/mol. The molecule has 0 bridgehead atoms. The molecule has 1 aromatic carbocycles. The van der Waals surface area contributed by atoms with Crippen molar-refractivity contribution in [2.45, 2.75) is 0 Å². The van der Waals surface area contributed by atoms with E-state index in [1.807, 2.05) is 0 Å². The number of halogens is 1. The van der Waals surface area contributed by atoms with Crippen molar-refractivity contribution in [3.05, 3.63) is 63.9 Å². The highest BCUT2D eigenvalue weighted by molar-refractivity contribution is 9.10. The molecule has 0 spiro atoms. The fraction of sp³-hybridized carbons (Fsp3) is 0. The zero-order valence-electron chi connectivity index (χ0n) is 11.2. The number of rotatable bonds is 4. The number of hydrogen-bond acceptors (Lipinski definition) is 5. The molecule has 22 heavy (non-hydrogen) atoms. The minimum atomic E-state index is -0.646. The van der Waals surface area contributed by atoms with Gasteiger partial charge in [0, 0.05) is 33.6 Å². The Balaban J connectivity index is 2.01. The second kappa shape index (κ2) is 7.43. The van der Waals surface area contributed by atoms with Gasteiger partial charge in [-0.05, 0) is 46.3 Å². The van der Waals surface area contributed by atoms with Gasteiger partial charge in [0.15, 0.2) is 0 Å².